The van der Waals surface area contributed by atoms with Crippen molar-refractivity contribution in [3.05, 3.63) is 35.4 Å². The van der Waals surface area contributed by atoms with Crippen LogP contribution in [-0.4, -0.2) is 14.6 Å². The van der Waals surface area contributed by atoms with Crippen molar-refractivity contribution in [2.24, 2.45) is 0 Å². The molecule has 1 atom stereocenters. The van der Waals surface area contributed by atoms with Gasteiger partial charge in [0.15, 0.2) is 5.25 Å². The molecule has 1 aromatic rings. The Kier molecular flexibility index (Phi) is 3.54. The molecule has 0 aliphatic heterocycles. The largest absolute Gasteiger partial charge is 0.410 e. The molecular weight excluding hydrogens is 265 g/mol. The van der Waals surface area contributed by atoms with E-state index < -0.39 is 20.5 Å². The van der Waals surface area contributed by atoms with Gasteiger partial charge in [-0.2, -0.15) is 13.2 Å². The molecule has 1 rings (SSSR count). The fraction of sp³-hybridized carbons (Fsp3) is 0.333. The molecule has 0 N–H and O–H groups in total. The van der Waals surface area contributed by atoms with Gasteiger partial charge in [0.1, 0.15) is 0 Å². The summed E-state index contributed by atoms with van der Waals surface area (Å²) in [6.07, 6.45) is -4.92. The maximum Gasteiger partial charge on any atom is 0.410 e. The molecule has 2 nitrogen and oxygen atoms in total. The second-order valence-electron chi connectivity index (χ2n) is 3.25. The van der Waals surface area contributed by atoms with E-state index >= 15 is 0 Å². The molecule has 0 fully saturated rings. The van der Waals surface area contributed by atoms with Crippen molar-refractivity contribution in [1.82, 2.24) is 0 Å². The molecule has 0 spiro atoms. The Hall–Kier alpha value is -0.750. The van der Waals surface area contributed by atoms with Crippen LogP contribution in [0.25, 0.3) is 0 Å². The summed E-state index contributed by atoms with van der Waals surface area (Å²) in [5, 5.41) is -2.68. The molecule has 7 heteroatoms. The topological polar surface area (TPSA) is 34.1 Å². The molecular formula is C9H8ClF3O2S. The van der Waals surface area contributed by atoms with Gasteiger partial charge in [-0.3, -0.25) is 0 Å². The molecule has 0 saturated heterocycles. The molecule has 0 heterocycles. The van der Waals surface area contributed by atoms with Gasteiger partial charge in [-0.15, -0.1) is 0 Å². The molecule has 0 aromatic heterocycles. The quantitative estimate of drug-likeness (QED) is 0.775. The van der Waals surface area contributed by atoms with Gasteiger partial charge in [-0.1, -0.05) is 24.3 Å². The van der Waals surface area contributed by atoms with E-state index in [1.807, 2.05) is 0 Å². The maximum atomic E-state index is 12.6. The van der Waals surface area contributed by atoms with Crippen LogP contribution >= 0.6 is 10.7 Å². The minimum atomic E-state index is -4.92. The molecule has 1 aromatic carbocycles. The highest BCUT2D eigenvalue weighted by atomic mass is 35.7. The lowest BCUT2D eigenvalue weighted by Gasteiger charge is -2.19. The van der Waals surface area contributed by atoms with E-state index in [4.69, 9.17) is 10.7 Å². The second-order valence-corrected chi connectivity index (χ2v) is 5.97. The van der Waals surface area contributed by atoms with Crippen LogP contribution < -0.4 is 0 Å². The standard InChI is InChI=1S/C9H8ClF3O2S/c1-6-4-2-3-5-7(6)8(9(11,12)13)16(10,14)15/h2-5,8H,1H3. The number of alkyl halides is 3. The molecule has 90 valence electrons. The average Bonchev–Trinajstić information content (AvgIpc) is 2.03. The predicted molar refractivity (Wildman–Crippen MR) is 54.7 cm³/mol. The lowest BCUT2D eigenvalue weighted by atomic mass is 10.1. The predicted octanol–water partition coefficient (Wildman–Crippen LogP) is 3.17. The smallest absolute Gasteiger partial charge is 0.211 e. The zero-order valence-electron chi connectivity index (χ0n) is 8.12. The van der Waals surface area contributed by atoms with Crippen molar-refractivity contribution in [1.29, 1.82) is 0 Å². The van der Waals surface area contributed by atoms with E-state index in [1.165, 1.54) is 25.1 Å². The van der Waals surface area contributed by atoms with Gasteiger partial charge in [0.25, 0.3) is 0 Å². The monoisotopic (exact) mass is 272 g/mol. The third-order valence-corrected chi connectivity index (χ3v) is 3.67. The molecule has 0 aliphatic carbocycles. The van der Waals surface area contributed by atoms with Crippen LogP contribution in [0.1, 0.15) is 16.4 Å². The Morgan fingerprint density at radius 2 is 1.75 bits per heavy atom. The van der Waals surface area contributed by atoms with Crippen molar-refractivity contribution in [3.8, 4) is 0 Å². The molecule has 0 amide bonds. The normalized spacial score (nSPS) is 14.8. The fourth-order valence-corrected chi connectivity index (χ4v) is 2.85. The number of aryl methyl sites for hydroxylation is 1. The van der Waals surface area contributed by atoms with Crippen molar-refractivity contribution < 1.29 is 21.6 Å². The summed E-state index contributed by atoms with van der Waals surface area (Å²) in [6.45, 7) is 1.40. The van der Waals surface area contributed by atoms with Crippen molar-refractivity contribution in [2.45, 2.75) is 18.3 Å². The van der Waals surface area contributed by atoms with E-state index in [0.717, 1.165) is 6.07 Å². The van der Waals surface area contributed by atoms with Crippen molar-refractivity contribution in [3.63, 3.8) is 0 Å². The number of hydrogen-bond donors (Lipinski definition) is 0. The maximum absolute atomic E-state index is 12.6. The highest BCUT2D eigenvalue weighted by molar-refractivity contribution is 8.14. The number of rotatable bonds is 2. The SMILES string of the molecule is Cc1ccccc1C(C(F)(F)F)S(=O)(=O)Cl. The molecule has 0 aliphatic rings. The first-order valence-electron chi connectivity index (χ1n) is 4.19. The van der Waals surface area contributed by atoms with Crippen LogP contribution in [0, 0.1) is 6.92 Å². The lowest BCUT2D eigenvalue weighted by Crippen LogP contribution is -2.26. The van der Waals surface area contributed by atoms with Gasteiger partial charge in [0.2, 0.25) is 9.05 Å². The van der Waals surface area contributed by atoms with E-state index in [1.54, 1.807) is 0 Å². The second kappa shape index (κ2) is 4.25. The molecule has 0 radical (unpaired) electrons. The van der Waals surface area contributed by atoms with Gasteiger partial charge in [0, 0.05) is 10.7 Å². The number of benzene rings is 1. The Morgan fingerprint density at radius 1 is 1.25 bits per heavy atom. The summed E-state index contributed by atoms with van der Waals surface area (Å²) >= 11 is 0. The molecule has 0 bridgehead atoms. The third-order valence-electron chi connectivity index (χ3n) is 2.05. The molecule has 16 heavy (non-hydrogen) atoms. The van der Waals surface area contributed by atoms with E-state index in [9.17, 15) is 21.6 Å². The minimum absolute atomic E-state index is 0.231. The Morgan fingerprint density at radius 3 is 2.12 bits per heavy atom. The fourth-order valence-electron chi connectivity index (χ4n) is 1.37. The molecule has 1 unspecified atom stereocenters. The van der Waals surface area contributed by atoms with E-state index in [0.29, 0.717) is 0 Å². The first-order valence-corrected chi connectivity index (χ1v) is 6.57. The van der Waals surface area contributed by atoms with Gasteiger partial charge >= 0.3 is 6.18 Å². The van der Waals surface area contributed by atoms with E-state index in [2.05, 4.69) is 0 Å². The summed E-state index contributed by atoms with van der Waals surface area (Å²) in [7, 11) is 0.0916. The Bertz CT molecular complexity index is 482. The van der Waals surface area contributed by atoms with Crippen LogP contribution in [0.4, 0.5) is 13.2 Å². The highest BCUT2D eigenvalue weighted by Crippen LogP contribution is 2.41. The van der Waals surface area contributed by atoms with Crippen LogP contribution in [0.3, 0.4) is 0 Å². The number of hydrogen-bond acceptors (Lipinski definition) is 2. The third kappa shape index (κ3) is 2.89. The van der Waals surface area contributed by atoms with Gasteiger partial charge in [-0.25, -0.2) is 8.42 Å². The van der Waals surface area contributed by atoms with E-state index in [-0.39, 0.29) is 11.1 Å². The zero-order chi connectivity index (χ0) is 12.6. The van der Waals surface area contributed by atoms with Gasteiger partial charge in [-0.05, 0) is 18.1 Å². The lowest BCUT2D eigenvalue weighted by molar-refractivity contribution is -0.131. The summed E-state index contributed by atoms with van der Waals surface area (Å²) in [5.74, 6) is 0. The summed E-state index contributed by atoms with van der Waals surface area (Å²) in [6, 6.07) is 5.36. The minimum Gasteiger partial charge on any atom is -0.211 e. The zero-order valence-corrected chi connectivity index (χ0v) is 9.70. The van der Waals surface area contributed by atoms with Gasteiger partial charge < -0.3 is 0 Å². The summed E-state index contributed by atoms with van der Waals surface area (Å²) in [4.78, 5) is 0. The van der Waals surface area contributed by atoms with Crippen molar-refractivity contribution in [2.75, 3.05) is 0 Å². The Labute approximate surface area is 95.5 Å². The van der Waals surface area contributed by atoms with Gasteiger partial charge in [0.05, 0.1) is 0 Å². The molecule has 0 saturated carbocycles. The number of halogens is 4. The first kappa shape index (κ1) is 13.3. The summed E-state index contributed by atoms with van der Waals surface area (Å²) < 4.78 is 59.8. The van der Waals surface area contributed by atoms with Crippen LogP contribution in [0.15, 0.2) is 24.3 Å². The van der Waals surface area contributed by atoms with Crippen LogP contribution in [0.2, 0.25) is 0 Å². The van der Waals surface area contributed by atoms with Crippen LogP contribution in [0.5, 0.6) is 0 Å². The van der Waals surface area contributed by atoms with Crippen LogP contribution in [-0.2, 0) is 9.05 Å². The average molecular weight is 273 g/mol. The summed E-state index contributed by atoms with van der Waals surface area (Å²) in [5.41, 5.74) is -0.112. The van der Waals surface area contributed by atoms with Crippen molar-refractivity contribution >= 4 is 19.7 Å². The highest BCUT2D eigenvalue weighted by Gasteiger charge is 2.49. The Balaban J connectivity index is 3.41. The first-order chi connectivity index (χ1) is 7.14.